The maximum Gasteiger partial charge on any atom is 0.362 e. The number of hydrazine groups is 1. The second-order valence-electron chi connectivity index (χ2n) is 6.30. The minimum atomic E-state index is -3.81. The lowest BCUT2D eigenvalue weighted by atomic mass is 10.1. The number of hydrogen-bond donors (Lipinski definition) is 2. The SMILES string of the molecule is CCOC(=O)c1nc(-c2ccc(C)cc2)oc1NNC(=O)C(F)(F)c1ccccc1. The van der Waals surface area contributed by atoms with Crippen LogP contribution in [0.15, 0.2) is 59.0 Å². The number of nitrogens with one attached hydrogen (secondary N) is 2. The van der Waals surface area contributed by atoms with Gasteiger partial charge in [-0.15, -0.1) is 0 Å². The first kappa shape index (κ1) is 21.0. The number of halogens is 2. The summed E-state index contributed by atoms with van der Waals surface area (Å²) in [6, 6.07) is 13.7. The Labute approximate surface area is 171 Å². The molecule has 2 N–H and O–H groups in total. The lowest BCUT2D eigenvalue weighted by molar-refractivity contribution is -0.146. The standard InChI is InChI=1S/C21H19F2N3O4/c1-3-29-19(27)16-18(30-17(24-16)14-11-9-13(2)10-12-14)25-26-20(28)21(22,23)15-7-5-4-6-8-15/h4-12,25H,3H2,1-2H3,(H,26,28). The van der Waals surface area contributed by atoms with E-state index >= 15 is 0 Å². The molecule has 0 saturated heterocycles. The number of oxazole rings is 1. The molecule has 0 aliphatic carbocycles. The van der Waals surface area contributed by atoms with Crippen LogP contribution < -0.4 is 10.9 Å². The number of rotatable bonds is 7. The quantitative estimate of drug-likeness (QED) is 0.447. The molecule has 0 fully saturated rings. The van der Waals surface area contributed by atoms with Crippen LogP contribution in [0.1, 0.15) is 28.5 Å². The second kappa shape index (κ2) is 8.73. The number of aromatic nitrogens is 1. The van der Waals surface area contributed by atoms with Crippen LogP contribution in [0.2, 0.25) is 0 Å². The van der Waals surface area contributed by atoms with E-state index in [4.69, 9.17) is 9.15 Å². The van der Waals surface area contributed by atoms with Crippen molar-refractivity contribution in [3.8, 4) is 11.5 Å². The highest BCUT2D eigenvalue weighted by molar-refractivity contribution is 5.93. The lowest BCUT2D eigenvalue weighted by Gasteiger charge is -2.16. The summed E-state index contributed by atoms with van der Waals surface area (Å²) >= 11 is 0. The number of aryl methyl sites for hydroxylation is 1. The van der Waals surface area contributed by atoms with Crippen molar-refractivity contribution in [1.29, 1.82) is 0 Å². The lowest BCUT2D eigenvalue weighted by Crippen LogP contribution is -2.41. The summed E-state index contributed by atoms with van der Waals surface area (Å²) in [5.74, 6) is -6.52. The summed E-state index contributed by atoms with van der Waals surface area (Å²) in [6.07, 6.45) is 0. The van der Waals surface area contributed by atoms with E-state index in [1.54, 1.807) is 25.1 Å². The first-order valence-corrected chi connectivity index (χ1v) is 9.07. The Morgan fingerprint density at radius 3 is 2.40 bits per heavy atom. The molecule has 0 aliphatic heterocycles. The van der Waals surface area contributed by atoms with Gasteiger partial charge in [0.25, 0.3) is 0 Å². The minimum absolute atomic E-state index is 0.0598. The molecule has 0 unspecified atom stereocenters. The maximum atomic E-state index is 14.4. The van der Waals surface area contributed by atoms with E-state index in [0.29, 0.717) is 5.56 Å². The molecule has 0 saturated carbocycles. The molecule has 1 heterocycles. The third kappa shape index (κ3) is 4.45. The van der Waals surface area contributed by atoms with Crippen LogP contribution in [0, 0.1) is 6.92 Å². The summed E-state index contributed by atoms with van der Waals surface area (Å²) in [4.78, 5) is 28.3. The molecule has 9 heteroatoms. The molecule has 1 aromatic heterocycles. The number of ether oxygens (including phenoxy) is 1. The van der Waals surface area contributed by atoms with Crippen LogP contribution >= 0.6 is 0 Å². The summed E-state index contributed by atoms with van der Waals surface area (Å²) < 4.78 is 39.1. The van der Waals surface area contributed by atoms with Gasteiger partial charge in [0, 0.05) is 11.1 Å². The number of nitrogens with zero attached hydrogens (tertiary/aromatic N) is 1. The number of hydrogen-bond acceptors (Lipinski definition) is 6. The largest absolute Gasteiger partial charge is 0.461 e. The predicted octanol–water partition coefficient (Wildman–Crippen LogP) is 4.06. The summed E-state index contributed by atoms with van der Waals surface area (Å²) in [7, 11) is 0. The van der Waals surface area contributed by atoms with Gasteiger partial charge in [-0.05, 0) is 26.0 Å². The van der Waals surface area contributed by atoms with Crippen molar-refractivity contribution < 1.29 is 27.5 Å². The van der Waals surface area contributed by atoms with Gasteiger partial charge in [0.15, 0.2) is 0 Å². The first-order chi connectivity index (χ1) is 14.3. The van der Waals surface area contributed by atoms with Crippen molar-refractivity contribution >= 4 is 17.8 Å². The van der Waals surface area contributed by atoms with E-state index < -0.39 is 23.4 Å². The highest BCUT2D eigenvalue weighted by Crippen LogP contribution is 2.29. The summed E-state index contributed by atoms with van der Waals surface area (Å²) in [6.45, 7) is 3.58. The number of alkyl halides is 2. The monoisotopic (exact) mass is 415 g/mol. The van der Waals surface area contributed by atoms with Crippen molar-refractivity contribution in [2.45, 2.75) is 19.8 Å². The van der Waals surface area contributed by atoms with Gasteiger partial charge in [-0.3, -0.25) is 15.6 Å². The zero-order chi connectivity index (χ0) is 21.7. The van der Waals surface area contributed by atoms with Crippen LogP contribution in [-0.2, 0) is 15.5 Å². The molecular formula is C21H19F2N3O4. The molecule has 0 bridgehead atoms. The fraction of sp³-hybridized carbons (Fsp3) is 0.190. The topological polar surface area (TPSA) is 93.5 Å². The highest BCUT2D eigenvalue weighted by atomic mass is 19.3. The molecule has 2 aromatic carbocycles. The molecule has 7 nitrogen and oxygen atoms in total. The zero-order valence-corrected chi connectivity index (χ0v) is 16.2. The van der Waals surface area contributed by atoms with Gasteiger partial charge in [-0.1, -0.05) is 48.0 Å². The molecular weight excluding hydrogens is 396 g/mol. The van der Waals surface area contributed by atoms with Gasteiger partial charge in [0.1, 0.15) is 0 Å². The molecule has 0 atom stereocenters. The van der Waals surface area contributed by atoms with Crippen molar-refractivity contribution in [2.24, 2.45) is 0 Å². The Bertz CT molecular complexity index is 1030. The van der Waals surface area contributed by atoms with Crippen molar-refractivity contribution in [3.63, 3.8) is 0 Å². The third-order valence-electron chi connectivity index (χ3n) is 4.11. The number of benzene rings is 2. The Kier molecular flexibility index (Phi) is 6.10. The fourth-order valence-electron chi connectivity index (χ4n) is 2.53. The van der Waals surface area contributed by atoms with Crippen molar-refractivity contribution in [2.75, 3.05) is 12.0 Å². The van der Waals surface area contributed by atoms with Gasteiger partial charge in [0.2, 0.25) is 17.5 Å². The Balaban J connectivity index is 1.84. The summed E-state index contributed by atoms with van der Waals surface area (Å²) in [5.41, 5.74) is 4.89. The first-order valence-electron chi connectivity index (χ1n) is 9.07. The number of esters is 1. The highest BCUT2D eigenvalue weighted by Gasteiger charge is 2.41. The van der Waals surface area contributed by atoms with E-state index in [2.05, 4.69) is 10.4 Å². The number of carbonyl (C=O) groups excluding carboxylic acids is 2. The molecule has 0 radical (unpaired) electrons. The number of carbonyl (C=O) groups is 2. The van der Waals surface area contributed by atoms with Crippen molar-refractivity contribution in [1.82, 2.24) is 10.4 Å². The predicted molar refractivity (Wildman–Crippen MR) is 105 cm³/mol. The normalized spacial score (nSPS) is 11.1. The third-order valence-corrected chi connectivity index (χ3v) is 4.11. The van der Waals surface area contributed by atoms with Crippen LogP contribution in [0.3, 0.4) is 0 Å². The van der Waals surface area contributed by atoms with Gasteiger partial charge < -0.3 is 9.15 Å². The van der Waals surface area contributed by atoms with E-state index in [1.165, 1.54) is 12.1 Å². The summed E-state index contributed by atoms with van der Waals surface area (Å²) in [5, 5.41) is 0. The Morgan fingerprint density at radius 2 is 1.77 bits per heavy atom. The van der Waals surface area contributed by atoms with Crippen LogP contribution in [-0.4, -0.2) is 23.5 Å². The van der Waals surface area contributed by atoms with E-state index in [0.717, 1.165) is 17.7 Å². The average molecular weight is 415 g/mol. The van der Waals surface area contributed by atoms with E-state index in [9.17, 15) is 18.4 Å². The van der Waals surface area contributed by atoms with Gasteiger partial charge in [-0.25, -0.2) is 4.79 Å². The maximum absolute atomic E-state index is 14.4. The number of anilines is 1. The van der Waals surface area contributed by atoms with E-state index in [1.807, 2.05) is 24.5 Å². The minimum Gasteiger partial charge on any atom is -0.461 e. The van der Waals surface area contributed by atoms with Crippen LogP contribution in [0.25, 0.3) is 11.5 Å². The smallest absolute Gasteiger partial charge is 0.362 e. The Morgan fingerprint density at radius 1 is 1.10 bits per heavy atom. The average Bonchev–Trinajstić information content (AvgIpc) is 3.17. The van der Waals surface area contributed by atoms with Crippen LogP contribution in [0.4, 0.5) is 14.7 Å². The molecule has 0 aliphatic rings. The molecule has 3 rings (SSSR count). The zero-order valence-electron chi connectivity index (χ0n) is 16.2. The van der Waals surface area contributed by atoms with Gasteiger partial charge >= 0.3 is 17.8 Å². The second-order valence-corrected chi connectivity index (χ2v) is 6.30. The van der Waals surface area contributed by atoms with E-state index in [-0.39, 0.29) is 24.1 Å². The number of amides is 1. The van der Waals surface area contributed by atoms with Crippen LogP contribution in [0.5, 0.6) is 0 Å². The Hall–Kier alpha value is -3.75. The van der Waals surface area contributed by atoms with Gasteiger partial charge in [0.05, 0.1) is 6.61 Å². The van der Waals surface area contributed by atoms with Gasteiger partial charge in [-0.2, -0.15) is 13.8 Å². The van der Waals surface area contributed by atoms with Crippen molar-refractivity contribution in [3.05, 3.63) is 71.4 Å². The molecule has 3 aromatic rings. The fourth-order valence-corrected chi connectivity index (χ4v) is 2.53. The molecule has 1 amide bonds. The molecule has 30 heavy (non-hydrogen) atoms. The molecule has 156 valence electrons. The molecule has 0 spiro atoms.